The molecule has 6 nitrogen and oxygen atoms in total. The lowest BCUT2D eigenvalue weighted by Gasteiger charge is -2.23. The zero-order valence-electron chi connectivity index (χ0n) is 15.4. The zero-order chi connectivity index (χ0) is 17.8. The average Bonchev–Trinajstić information content (AvgIpc) is 3.16. The van der Waals surface area contributed by atoms with Crippen LogP contribution in [0.4, 0.5) is 0 Å². The van der Waals surface area contributed by atoms with Crippen molar-refractivity contribution in [1.29, 1.82) is 0 Å². The van der Waals surface area contributed by atoms with Gasteiger partial charge in [-0.2, -0.15) is 0 Å². The van der Waals surface area contributed by atoms with Crippen LogP contribution in [0.15, 0.2) is 4.52 Å². The molecule has 1 aliphatic carbocycles. The summed E-state index contributed by atoms with van der Waals surface area (Å²) in [6.45, 7) is 6.40. The van der Waals surface area contributed by atoms with Crippen molar-refractivity contribution in [2.45, 2.75) is 58.8 Å². The molecule has 0 unspecified atom stereocenters. The maximum atomic E-state index is 12.9. The highest BCUT2D eigenvalue weighted by molar-refractivity contribution is 5.96. The van der Waals surface area contributed by atoms with E-state index in [-0.39, 0.29) is 11.8 Å². The molecule has 1 aromatic rings. The van der Waals surface area contributed by atoms with Crippen molar-refractivity contribution in [2.75, 3.05) is 26.2 Å². The van der Waals surface area contributed by atoms with Gasteiger partial charge in [-0.05, 0) is 38.5 Å². The van der Waals surface area contributed by atoms with Crippen molar-refractivity contribution in [2.24, 2.45) is 5.92 Å². The van der Waals surface area contributed by atoms with Crippen LogP contribution in [0, 0.1) is 12.8 Å². The molecule has 0 aromatic carbocycles. The Hall–Kier alpha value is -1.85. The number of carbonyl (C=O) groups excluding carboxylic acids is 2. The van der Waals surface area contributed by atoms with E-state index in [1.807, 2.05) is 16.7 Å². The maximum absolute atomic E-state index is 12.9. The van der Waals surface area contributed by atoms with Crippen molar-refractivity contribution in [3.05, 3.63) is 17.0 Å². The molecule has 2 amide bonds. The van der Waals surface area contributed by atoms with Gasteiger partial charge in [0.15, 0.2) is 0 Å². The monoisotopic (exact) mass is 347 g/mol. The third-order valence-corrected chi connectivity index (χ3v) is 5.56. The fourth-order valence-corrected chi connectivity index (χ4v) is 4.05. The van der Waals surface area contributed by atoms with Crippen LogP contribution in [0.2, 0.25) is 0 Å². The van der Waals surface area contributed by atoms with Crippen LogP contribution in [-0.4, -0.2) is 52.9 Å². The van der Waals surface area contributed by atoms with E-state index in [9.17, 15) is 9.59 Å². The number of aromatic nitrogens is 1. The molecule has 0 radical (unpaired) electrons. The highest BCUT2D eigenvalue weighted by Gasteiger charge is 2.28. The summed E-state index contributed by atoms with van der Waals surface area (Å²) in [4.78, 5) is 29.3. The molecule has 1 saturated heterocycles. The summed E-state index contributed by atoms with van der Waals surface area (Å²) in [7, 11) is 0. The van der Waals surface area contributed by atoms with Crippen LogP contribution >= 0.6 is 0 Å². The van der Waals surface area contributed by atoms with Gasteiger partial charge in [-0.3, -0.25) is 9.59 Å². The smallest absolute Gasteiger partial charge is 0.259 e. The third-order valence-electron chi connectivity index (χ3n) is 5.56. The molecule has 3 rings (SSSR count). The van der Waals surface area contributed by atoms with E-state index in [2.05, 4.69) is 5.16 Å². The second-order valence-corrected chi connectivity index (χ2v) is 7.30. The molecule has 138 valence electrons. The SMILES string of the molecule is CCc1noc(C)c1C(=O)N1CCCN(C(=O)CC2CCCC2)CC1. The molecule has 0 atom stereocenters. The Bertz CT molecular complexity index is 619. The first-order valence-electron chi connectivity index (χ1n) is 9.62. The van der Waals surface area contributed by atoms with Gasteiger partial charge < -0.3 is 14.3 Å². The number of amides is 2. The lowest BCUT2D eigenvalue weighted by atomic mass is 10.0. The van der Waals surface area contributed by atoms with Crippen molar-refractivity contribution < 1.29 is 14.1 Å². The van der Waals surface area contributed by atoms with Crippen LogP contribution < -0.4 is 0 Å². The van der Waals surface area contributed by atoms with Crippen LogP contribution in [0.3, 0.4) is 0 Å². The number of carbonyl (C=O) groups is 2. The summed E-state index contributed by atoms with van der Waals surface area (Å²) in [6.07, 6.45) is 7.09. The third kappa shape index (κ3) is 4.05. The topological polar surface area (TPSA) is 66.7 Å². The van der Waals surface area contributed by atoms with Gasteiger partial charge in [0, 0.05) is 32.6 Å². The molecule has 0 N–H and O–H groups in total. The van der Waals surface area contributed by atoms with E-state index >= 15 is 0 Å². The standard InChI is InChI=1S/C19H29N3O3/c1-3-16-18(14(2)25-20-16)19(24)22-10-6-9-21(11-12-22)17(23)13-15-7-4-5-8-15/h15H,3-13H2,1-2H3. The first-order chi connectivity index (χ1) is 12.1. The number of nitrogens with zero attached hydrogens (tertiary/aromatic N) is 3. The predicted octanol–water partition coefficient (Wildman–Crippen LogP) is 2.80. The van der Waals surface area contributed by atoms with Crippen LogP contribution in [0.25, 0.3) is 0 Å². The molecule has 1 aromatic heterocycles. The van der Waals surface area contributed by atoms with Gasteiger partial charge in [0.05, 0.1) is 5.69 Å². The maximum Gasteiger partial charge on any atom is 0.259 e. The van der Waals surface area contributed by atoms with Crippen LogP contribution in [-0.2, 0) is 11.2 Å². The van der Waals surface area contributed by atoms with E-state index in [1.165, 1.54) is 25.7 Å². The van der Waals surface area contributed by atoms with E-state index in [0.717, 1.165) is 18.7 Å². The van der Waals surface area contributed by atoms with E-state index < -0.39 is 0 Å². The quantitative estimate of drug-likeness (QED) is 0.840. The number of hydrogen-bond acceptors (Lipinski definition) is 4. The average molecular weight is 347 g/mol. The van der Waals surface area contributed by atoms with Gasteiger partial charge in [0.2, 0.25) is 5.91 Å². The normalized spacial score (nSPS) is 19.3. The summed E-state index contributed by atoms with van der Waals surface area (Å²) >= 11 is 0. The summed E-state index contributed by atoms with van der Waals surface area (Å²) in [6, 6.07) is 0. The second kappa shape index (κ2) is 8.02. The summed E-state index contributed by atoms with van der Waals surface area (Å²) in [5, 5.41) is 3.99. The van der Waals surface area contributed by atoms with Gasteiger partial charge in [-0.1, -0.05) is 24.9 Å². The van der Waals surface area contributed by atoms with Crippen molar-refractivity contribution in [3.63, 3.8) is 0 Å². The van der Waals surface area contributed by atoms with E-state index in [4.69, 9.17) is 4.52 Å². The van der Waals surface area contributed by atoms with E-state index in [0.29, 0.717) is 49.7 Å². The Morgan fingerprint density at radius 2 is 1.76 bits per heavy atom. The van der Waals surface area contributed by atoms with Gasteiger partial charge in [0.1, 0.15) is 11.3 Å². The molecule has 2 fully saturated rings. The predicted molar refractivity (Wildman–Crippen MR) is 94.3 cm³/mol. The molecular weight excluding hydrogens is 318 g/mol. The van der Waals surface area contributed by atoms with Crippen LogP contribution in [0.1, 0.15) is 67.3 Å². The zero-order valence-corrected chi connectivity index (χ0v) is 15.4. The number of hydrogen-bond donors (Lipinski definition) is 0. The fourth-order valence-electron chi connectivity index (χ4n) is 4.05. The molecule has 1 saturated carbocycles. The minimum atomic E-state index is -0.0132. The molecule has 2 aliphatic rings. The molecule has 6 heteroatoms. The highest BCUT2D eigenvalue weighted by Crippen LogP contribution is 2.28. The Balaban J connectivity index is 1.60. The summed E-state index contributed by atoms with van der Waals surface area (Å²) in [5.41, 5.74) is 1.33. The van der Waals surface area contributed by atoms with Crippen LogP contribution in [0.5, 0.6) is 0 Å². The summed E-state index contributed by atoms with van der Waals surface area (Å²) in [5.74, 6) is 1.40. The van der Waals surface area contributed by atoms with Crippen molar-refractivity contribution in [1.82, 2.24) is 15.0 Å². The van der Waals surface area contributed by atoms with Crippen molar-refractivity contribution >= 4 is 11.8 Å². The first kappa shape index (κ1) is 18.0. The minimum absolute atomic E-state index is 0.0132. The molecule has 2 heterocycles. The lowest BCUT2D eigenvalue weighted by Crippen LogP contribution is -2.38. The van der Waals surface area contributed by atoms with Crippen molar-refractivity contribution in [3.8, 4) is 0 Å². The first-order valence-corrected chi connectivity index (χ1v) is 9.62. The molecule has 0 spiro atoms. The number of aryl methyl sites for hydroxylation is 2. The lowest BCUT2D eigenvalue weighted by molar-refractivity contribution is -0.132. The Labute approximate surface area is 149 Å². The van der Waals surface area contributed by atoms with Gasteiger partial charge in [0.25, 0.3) is 5.91 Å². The molecule has 0 bridgehead atoms. The fraction of sp³-hybridized carbons (Fsp3) is 0.737. The second-order valence-electron chi connectivity index (χ2n) is 7.30. The van der Waals surface area contributed by atoms with Gasteiger partial charge in [-0.15, -0.1) is 0 Å². The molecule has 25 heavy (non-hydrogen) atoms. The summed E-state index contributed by atoms with van der Waals surface area (Å²) < 4.78 is 5.20. The molecular formula is C19H29N3O3. The number of rotatable bonds is 4. The minimum Gasteiger partial charge on any atom is -0.361 e. The Kier molecular flexibility index (Phi) is 5.76. The Morgan fingerprint density at radius 3 is 2.48 bits per heavy atom. The van der Waals surface area contributed by atoms with Gasteiger partial charge in [-0.25, -0.2) is 0 Å². The highest BCUT2D eigenvalue weighted by atomic mass is 16.5. The molecule has 1 aliphatic heterocycles. The van der Waals surface area contributed by atoms with E-state index in [1.54, 1.807) is 6.92 Å². The largest absolute Gasteiger partial charge is 0.361 e. The van der Waals surface area contributed by atoms with Gasteiger partial charge >= 0.3 is 0 Å². The Morgan fingerprint density at radius 1 is 1.08 bits per heavy atom.